The van der Waals surface area contributed by atoms with Gasteiger partial charge < -0.3 is 9.15 Å². The lowest BCUT2D eigenvalue weighted by molar-refractivity contribution is 0.411. The quantitative estimate of drug-likeness (QED) is 0.383. The number of thioether (sulfide) groups is 1. The monoisotopic (exact) mass is 406 g/mol. The van der Waals surface area contributed by atoms with E-state index in [0.717, 1.165) is 17.5 Å². The van der Waals surface area contributed by atoms with Crippen molar-refractivity contribution in [2.24, 2.45) is 5.92 Å². The average molecular weight is 407 g/mol. The Morgan fingerprint density at radius 2 is 1.81 bits per heavy atom. The molecule has 0 spiro atoms. The summed E-state index contributed by atoms with van der Waals surface area (Å²) in [5.74, 6) is 1.26. The molecule has 2 unspecified atom stereocenters. The van der Waals surface area contributed by atoms with Crippen molar-refractivity contribution < 1.29 is 9.15 Å². The lowest BCUT2D eigenvalue weighted by Crippen LogP contribution is -2.02. The fourth-order valence-corrected chi connectivity index (χ4v) is 4.84. The standard InChI is InChI=1S/C19H16Cl2N2O2S/c1-24-15-10-6-5-9-13(15)17-22-23-18(25-17)26-16(14-11-19(14,20)21)12-7-3-2-4-8-12/h2-10,14,16H,11H2,1H3. The van der Waals surface area contributed by atoms with Crippen LogP contribution in [0.2, 0.25) is 0 Å². The molecule has 1 aromatic heterocycles. The molecule has 0 radical (unpaired) electrons. The van der Waals surface area contributed by atoms with E-state index in [4.69, 9.17) is 32.4 Å². The Balaban J connectivity index is 1.60. The maximum absolute atomic E-state index is 6.33. The lowest BCUT2D eigenvalue weighted by atomic mass is 10.1. The lowest BCUT2D eigenvalue weighted by Gasteiger charge is -2.15. The number of halogens is 2. The normalized spacial score (nSPS) is 19.1. The van der Waals surface area contributed by atoms with Gasteiger partial charge in [0, 0.05) is 11.2 Å². The second kappa shape index (κ2) is 7.14. The molecule has 134 valence electrons. The molecular weight excluding hydrogens is 391 g/mol. The van der Waals surface area contributed by atoms with Crippen molar-refractivity contribution in [3.8, 4) is 17.2 Å². The zero-order chi connectivity index (χ0) is 18.1. The van der Waals surface area contributed by atoms with Gasteiger partial charge in [0.25, 0.3) is 11.1 Å². The summed E-state index contributed by atoms with van der Waals surface area (Å²) in [5, 5.41) is 8.91. The fraction of sp³-hybridized carbons (Fsp3) is 0.263. The van der Waals surface area contributed by atoms with Crippen LogP contribution in [0.25, 0.3) is 11.5 Å². The molecule has 4 nitrogen and oxygen atoms in total. The number of benzene rings is 2. The van der Waals surface area contributed by atoms with Crippen LogP contribution in [0.5, 0.6) is 5.75 Å². The number of para-hydroxylation sites is 1. The minimum atomic E-state index is -0.695. The number of methoxy groups -OCH3 is 1. The molecule has 1 aliphatic rings. The summed E-state index contributed by atoms with van der Waals surface area (Å²) in [4.78, 5) is 0. The molecule has 4 rings (SSSR count). The smallest absolute Gasteiger partial charge is 0.277 e. The first-order chi connectivity index (χ1) is 12.6. The Kier molecular flexibility index (Phi) is 4.86. The first kappa shape index (κ1) is 17.7. The van der Waals surface area contributed by atoms with Crippen LogP contribution in [0.3, 0.4) is 0 Å². The van der Waals surface area contributed by atoms with Gasteiger partial charge in [-0.05, 0) is 24.1 Å². The molecule has 26 heavy (non-hydrogen) atoms. The summed E-state index contributed by atoms with van der Waals surface area (Å²) in [6.45, 7) is 0. The van der Waals surface area contributed by atoms with Gasteiger partial charge in [-0.2, -0.15) is 0 Å². The highest BCUT2D eigenvalue weighted by Crippen LogP contribution is 2.63. The van der Waals surface area contributed by atoms with Crippen LogP contribution >= 0.6 is 35.0 Å². The molecule has 1 heterocycles. The van der Waals surface area contributed by atoms with Crippen LogP contribution in [0.4, 0.5) is 0 Å². The van der Waals surface area contributed by atoms with Gasteiger partial charge in [0.2, 0.25) is 0 Å². The number of ether oxygens (including phenoxy) is 1. The van der Waals surface area contributed by atoms with Crippen molar-refractivity contribution in [1.82, 2.24) is 10.2 Å². The first-order valence-electron chi connectivity index (χ1n) is 8.15. The van der Waals surface area contributed by atoms with Crippen LogP contribution < -0.4 is 4.74 Å². The van der Waals surface area contributed by atoms with E-state index in [1.54, 1.807) is 7.11 Å². The van der Waals surface area contributed by atoms with E-state index in [-0.39, 0.29) is 11.2 Å². The number of aromatic nitrogens is 2. The van der Waals surface area contributed by atoms with Gasteiger partial charge in [0.1, 0.15) is 10.1 Å². The minimum absolute atomic E-state index is 0.0529. The van der Waals surface area contributed by atoms with Crippen LogP contribution in [0, 0.1) is 5.92 Å². The van der Waals surface area contributed by atoms with Gasteiger partial charge in [-0.25, -0.2) is 0 Å². The van der Waals surface area contributed by atoms with E-state index in [1.165, 1.54) is 11.8 Å². The summed E-state index contributed by atoms with van der Waals surface area (Å²) < 4.78 is 10.6. The van der Waals surface area contributed by atoms with Gasteiger partial charge in [-0.3, -0.25) is 0 Å². The molecule has 0 N–H and O–H groups in total. The van der Waals surface area contributed by atoms with Crippen LogP contribution in [-0.2, 0) is 0 Å². The number of hydrogen-bond acceptors (Lipinski definition) is 5. The van der Waals surface area contributed by atoms with E-state index >= 15 is 0 Å². The van der Waals surface area contributed by atoms with Crippen molar-refractivity contribution in [3.05, 3.63) is 60.2 Å². The molecule has 0 amide bonds. The summed E-state index contributed by atoms with van der Waals surface area (Å²) in [7, 11) is 1.61. The van der Waals surface area contributed by atoms with Crippen molar-refractivity contribution in [2.45, 2.75) is 21.2 Å². The minimum Gasteiger partial charge on any atom is -0.496 e. The van der Waals surface area contributed by atoms with Crippen molar-refractivity contribution in [1.29, 1.82) is 0 Å². The average Bonchev–Trinajstić information content (AvgIpc) is 3.07. The molecule has 1 fully saturated rings. The predicted octanol–water partition coefficient (Wildman–Crippen LogP) is 5.77. The summed E-state index contributed by atoms with van der Waals surface area (Å²) in [6, 6.07) is 17.7. The Morgan fingerprint density at radius 1 is 1.12 bits per heavy atom. The molecule has 2 aromatic carbocycles. The largest absolute Gasteiger partial charge is 0.496 e. The van der Waals surface area contributed by atoms with Crippen LogP contribution in [-0.4, -0.2) is 21.6 Å². The third-order valence-corrected chi connectivity index (χ3v) is 6.43. The molecule has 3 aromatic rings. The summed E-state index contributed by atoms with van der Waals surface area (Å²) in [5.41, 5.74) is 1.91. The highest BCUT2D eigenvalue weighted by atomic mass is 35.5. The van der Waals surface area contributed by atoms with Crippen molar-refractivity contribution in [3.63, 3.8) is 0 Å². The predicted molar refractivity (Wildman–Crippen MR) is 104 cm³/mol. The number of hydrogen-bond donors (Lipinski definition) is 0. The highest BCUT2D eigenvalue weighted by Gasteiger charge is 2.56. The molecule has 2 atom stereocenters. The Labute approximate surface area is 165 Å². The molecule has 1 saturated carbocycles. The van der Waals surface area contributed by atoms with E-state index < -0.39 is 4.33 Å². The summed E-state index contributed by atoms with van der Waals surface area (Å²) in [6.07, 6.45) is 0.746. The van der Waals surface area contributed by atoms with Crippen molar-refractivity contribution >= 4 is 35.0 Å². The first-order valence-corrected chi connectivity index (χ1v) is 9.78. The van der Waals surface area contributed by atoms with Gasteiger partial charge in [0.15, 0.2) is 0 Å². The van der Waals surface area contributed by atoms with Gasteiger partial charge in [0.05, 0.1) is 12.7 Å². The second-order valence-corrected chi connectivity index (χ2v) is 8.73. The number of rotatable bonds is 6. The zero-order valence-electron chi connectivity index (χ0n) is 13.9. The van der Waals surface area contributed by atoms with E-state index in [1.807, 2.05) is 42.5 Å². The highest BCUT2D eigenvalue weighted by molar-refractivity contribution is 7.99. The third-order valence-electron chi connectivity index (χ3n) is 4.34. The van der Waals surface area contributed by atoms with Crippen LogP contribution in [0.15, 0.2) is 64.2 Å². The Hall–Kier alpha value is -1.69. The van der Waals surface area contributed by atoms with E-state index in [9.17, 15) is 0 Å². The molecule has 0 bridgehead atoms. The van der Waals surface area contributed by atoms with Crippen molar-refractivity contribution in [2.75, 3.05) is 7.11 Å². The third kappa shape index (κ3) is 3.56. The number of nitrogens with zero attached hydrogens (tertiary/aromatic N) is 2. The fourth-order valence-electron chi connectivity index (χ4n) is 2.88. The number of alkyl halides is 2. The van der Waals surface area contributed by atoms with E-state index in [0.29, 0.717) is 16.9 Å². The molecule has 0 aliphatic heterocycles. The molecule has 1 aliphatic carbocycles. The van der Waals surface area contributed by atoms with Crippen LogP contribution in [0.1, 0.15) is 17.2 Å². The van der Waals surface area contributed by atoms with E-state index in [2.05, 4.69) is 22.3 Å². The molecular formula is C19H16Cl2N2O2S. The Morgan fingerprint density at radius 3 is 2.50 bits per heavy atom. The topological polar surface area (TPSA) is 48.2 Å². The van der Waals surface area contributed by atoms with Gasteiger partial charge >= 0.3 is 0 Å². The van der Waals surface area contributed by atoms with Gasteiger partial charge in [-0.1, -0.05) is 54.2 Å². The SMILES string of the molecule is COc1ccccc1-c1nnc(SC(c2ccccc2)C2CC2(Cl)Cl)o1. The summed E-state index contributed by atoms with van der Waals surface area (Å²) >= 11 is 14.1. The zero-order valence-corrected chi connectivity index (χ0v) is 16.3. The van der Waals surface area contributed by atoms with Gasteiger partial charge in [-0.15, -0.1) is 33.4 Å². The maximum Gasteiger partial charge on any atom is 0.277 e. The molecule has 0 saturated heterocycles. The maximum atomic E-state index is 6.33. The second-order valence-electron chi connectivity index (χ2n) is 6.09. The molecule has 7 heteroatoms. The Bertz CT molecular complexity index is 901.